The van der Waals surface area contributed by atoms with Gasteiger partial charge in [0.1, 0.15) is 0 Å². The van der Waals surface area contributed by atoms with Crippen molar-refractivity contribution >= 4 is 106 Å². The largest absolute Gasteiger partial charge is 0.298 e. The molecule has 0 heterocycles. The number of benzene rings is 4. The lowest BCUT2D eigenvalue weighted by atomic mass is 9.94. The smallest absolute Gasteiger partial charge is 0.151 e. The van der Waals surface area contributed by atoms with Crippen LogP contribution in [0.25, 0.3) is 0 Å². The summed E-state index contributed by atoms with van der Waals surface area (Å²) in [5.41, 5.74) is -4.50. The molecule has 4 aromatic carbocycles. The first-order chi connectivity index (χ1) is 23.4. The number of carbonyl (C=O) groups excluding carboxylic acids is 10. The van der Waals surface area contributed by atoms with Crippen molar-refractivity contribution in [2.45, 2.75) is 19.6 Å². The van der Waals surface area contributed by atoms with Gasteiger partial charge in [0.2, 0.25) is 0 Å². The normalized spacial score (nSPS) is 10.0. The van der Waals surface area contributed by atoms with Crippen LogP contribution in [0.4, 0.5) is 0 Å². The van der Waals surface area contributed by atoms with E-state index in [1.807, 2.05) is 12.1 Å². The third kappa shape index (κ3) is 8.27. The van der Waals surface area contributed by atoms with E-state index in [0.29, 0.717) is 21.6 Å². The SMILES string of the molecule is O=Cc1c(C=O)c(C=O)c(SSc2c(C=O)c(C=O)c(C=O)c(C=O)c2C=O)c(C=O)c1C=O.c1ccc(SSc2ccccc2)cc1. The van der Waals surface area contributed by atoms with Crippen LogP contribution in [0.5, 0.6) is 0 Å². The summed E-state index contributed by atoms with van der Waals surface area (Å²) >= 11 is 0. The van der Waals surface area contributed by atoms with Crippen molar-refractivity contribution in [3.8, 4) is 0 Å². The minimum atomic E-state index is -0.479. The molecular weight excluding hydrogens is 697 g/mol. The first kappa shape index (κ1) is 37.4. The van der Waals surface area contributed by atoms with Gasteiger partial charge < -0.3 is 0 Å². The Morgan fingerprint density at radius 3 is 0.688 bits per heavy atom. The fraction of sp³-hybridized carbons (Fsp3) is 0. The van der Waals surface area contributed by atoms with Gasteiger partial charge in [-0.3, -0.25) is 47.9 Å². The van der Waals surface area contributed by atoms with Gasteiger partial charge in [0, 0.05) is 75.2 Å². The first-order valence-corrected chi connectivity index (χ1v) is 17.5. The molecule has 0 saturated carbocycles. The van der Waals surface area contributed by atoms with Crippen LogP contribution in [0.1, 0.15) is 104 Å². The zero-order chi connectivity index (χ0) is 35.1. The molecule has 14 heteroatoms. The first-order valence-electron chi connectivity index (χ1n) is 13.2. The molecule has 4 aromatic rings. The standard InChI is InChI=1S/C22H10O10S2.C12H10S2/c23-1-11-13(3-25)17(7-29)21(18(8-30)14(11)4-26)33-34-22-19(9-31)15(5-27)12(2-24)16(6-28)20(22)10-32;1-3-7-11(8-4-1)13-14-12-9-5-2-6-10-12/h1-10H;1-10H. The third-order valence-corrected chi connectivity index (χ3v) is 11.4. The number of hydrogen-bond acceptors (Lipinski definition) is 14. The molecule has 4 rings (SSSR count). The molecule has 0 aliphatic carbocycles. The molecule has 0 fully saturated rings. The van der Waals surface area contributed by atoms with Crippen LogP contribution in [0, 0.1) is 0 Å². The van der Waals surface area contributed by atoms with Crippen LogP contribution in [-0.4, -0.2) is 62.9 Å². The maximum absolute atomic E-state index is 11.7. The van der Waals surface area contributed by atoms with Crippen LogP contribution in [0.2, 0.25) is 0 Å². The lowest BCUT2D eigenvalue weighted by Crippen LogP contribution is -2.10. The summed E-state index contributed by atoms with van der Waals surface area (Å²) in [5, 5.41) is 0. The van der Waals surface area contributed by atoms with Crippen molar-refractivity contribution in [2.75, 3.05) is 0 Å². The maximum Gasteiger partial charge on any atom is 0.151 e. The summed E-state index contributed by atoms with van der Waals surface area (Å²) in [6.45, 7) is 0. The lowest BCUT2D eigenvalue weighted by molar-refractivity contribution is 0.106. The van der Waals surface area contributed by atoms with E-state index in [2.05, 4.69) is 48.5 Å². The molecule has 0 bridgehead atoms. The highest BCUT2D eigenvalue weighted by atomic mass is 33.1. The van der Waals surface area contributed by atoms with Gasteiger partial charge in [0.05, 0.1) is 0 Å². The molecule has 10 nitrogen and oxygen atoms in total. The molecule has 0 unspecified atom stereocenters. The van der Waals surface area contributed by atoms with Crippen LogP contribution in [0.15, 0.2) is 80.2 Å². The Labute approximate surface area is 288 Å². The van der Waals surface area contributed by atoms with Crippen molar-refractivity contribution in [3.05, 3.63) is 116 Å². The van der Waals surface area contributed by atoms with Crippen molar-refractivity contribution in [3.63, 3.8) is 0 Å². The number of rotatable bonds is 16. The Morgan fingerprint density at radius 2 is 0.479 bits per heavy atom. The van der Waals surface area contributed by atoms with Crippen LogP contribution in [-0.2, 0) is 0 Å². The van der Waals surface area contributed by atoms with E-state index in [4.69, 9.17) is 0 Å². The van der Waals surface area contributed by atoms with E-state index in [9.17, 15) is 47.9 Å². The van der Waals surface area contributed by atoms with Gasteiger partial charge in [-0.2, -0.15) is 0 Å². The summed E-state index contributed by atoms with van der Waals surface area (Å²) < 4.78 is 0. The maximum atomic E-state index is 11.7. The molecule has 0 atom stereocenters. The Hall–Kier alpha value is -5.02. The molecule has 0 amide bonds. The summed E-state index contributed by atoms with van der Waals surface area (Å²) in [5.74, 6) is 0. The fourth-order valence-corrected chi connectivity index (χ4v) is 8.90. The minimum Gasteiger partial charge on any atom is -0.298 e. The molecule has 0 radical (unpaired) electrons. The predicted octanol–water partition coefficient (Wildman–Crippen LogP) is 7.10. The van der Waals surface area contributed by atoms with E-state index < -0.39 is 55.6 Å². The van der Waals surface area contributed by atoms with Crippen LogP contribution >= 0.6 is 43.2 Å². The Balaban J connectivity index is 0.000000368. The Bertz CT molecular complexity index is 1690. The quantitative estimate of drug-likeness (QED) is 0.0849. The van der Waals surface area contributed by atoms with Crippen molar-refractivity contribution in [2.24, 2.45) is 0 Å². The molecule has 0 aromatic heterocycles. The van der Waals surface area contributed by atoms with Gasteiger partial charge in [0.25, 0.3) is 0 Å². The van der Waals surface area contributed by atoms with Gasteiger partial charge in [-0.1, -0.05) is 79.6 Å². The zero-order valence-corrected chi connectivity index (χ0v) is 27.5. The molecule has 0 spiro atoms. The van der Waals surface area contributed by atoms with Crippen molar-refractivity contribution in [1.82, 2.24) is 0 Å². The highest BCUT2D eigenvalue weighted by Gasteiger charge is 2.27. The summed E-state index contributed by atoms with van der Waals surface area (Å²) in [6.07, 6.45) is 1.53. The summed E-state index contributed by atoms with van der Waals surface area (Å²) in [6, 6.07) is 20.8. The van der Waals surface area contributed by atoms with Gasteiger partial charge in [0.15, 0.2) is 62.9 Å². The fourth-order valence-electron chi connectivity index (χ4n) is 4.19. The third-order valence-electron chi connectivity index (χ3n) is 6.41. The lowest BCUT2D eigenvalue weighted by Gasteiger charge is -2.17. The Kier molecular flexibility index (Phi) is 14.8. The topological polar surface area (TPSA) is 171 Å². The minimum absolute atomic E-state index is 0.134. The van der Waals surface area contributed by atoms with E-state index in [1.54, 1.807) is 21.6 Å². The molecular formula is C34H20O10S4. The number of hydrogen-bond donors (Lipinski definition) is 0. The van der Waals surface area contributed by atoms with Crippen LogP contribution in [0.3, 0.4) is 0 Å². The molecule has 0 aliphatic heterocycles. The Morgan fingerprint density at radius 1 is 0.271 bits per heavy atom. The molecule has 0 saturated heterocycles. The second-order valence-corrected chi connectivity index (χ2v) is 13.4. The molecule has 240 valence electrons. The van der Waals surface area contributed by atoms with E-state index in [1.165, 1.54) is 9.79 Å². The summed E-state index contributed by atoms with van der Waals surface area (Å²) in [7, 11) is 4.68. The highest BCUT2D eigenvalue weighted by molar-refractivity contribution is 8.77. The zero-order valence-electron chi connectivity index (χ0n) is 24.3. The molecule has 0 aliphatic rings. The highest BCUT2D eigenvalue weighted by Crippen LogP contribution is 2.46. The van der Waals surface area contributed by atoms with Gasteiger partial charge in [-0.05, 0) is 24.3 Å². The average Bonchev–Trinajstić information content (AvgIpc) is 3.14. The van der Waals surface area contributed by atoms with E-state index in [0.717, 1.165) is 0 Å². The van der Waals surface area contributed by atoms with Crippen LogP contribution < -0.4 is 0 Å². The van der Waals surface area contributed by atoms with E-state index in [-0.39, 0.29) is 72.7 Å². The van der Waals surface area contributed by atoms with Crippen molar-refractivity contribution < 1.29 is 47.9 Å². The average molecular weight is 717 g/mol. The monoisotopic (exact) mass is 716 g/mol. The second kappa shape index (κ2) is 19.0. The van der Waals surface area contributed by atoms with E-state index >= 15 is 0 Å². The molecule has 0 N–H and O–H groups in total. The van der Waals surface area contributed by atoms with Crippen molar-refractivity contribution in [1.29, 1.82) is 0 Å². The van der Waals surface area contributed by atoms with Gasteiger partial charge in [-0.15, -0.1) is 0 Å². The van der Waals surface area contributed by atoms with Gasteiger partial charge >= 0.3 is 0 Å². The number of carbonyl (C=O) groups is 10. The second-order valence-electron chi connectivity index (χ2n) is 8.93. The number of aldehydes is 10. The predicted molar refractivity (Wildman–Crippen MR) is 183 cm³/mol. The molecule has 48 heavy (non-hydrogen) atoms. The van der Waals surface area contributed by atoms with Gasteiger partial charge in [-0.25, -0.2) is 0 Å². The summed E-state index contributed by atoms with van der Waals surface area (Å²) in [4.78, 5) is 118.